The van der Waals surface area contributed by atoms with E-state index in [1.165, 1.54) is 0 Å². The lowest BCUT2D eigenvalue weighted by Crippen LogP contribution is -2.56. The lowest BCUT2D eigenvalue weighted by atomic mass is 10.0. The van der Waals surface area contributed by atoms with Gasteiger partial charge >= 0.3 is 12.2 Å². The zero-order chi connectivity index (χ0) is 19.9. The van der Waals surface area contributed by atoms with Crippen molar-refractivity contribution in [2.75, 3.05) is 19.7 Å². The normalized spacial score (nSPS) is 20.1. The second kappa shape index (κ2) is 9.60. The molecule has 0 bridgehead atoms. The molecule has 1 saturated heterocycles. The van der Waals surface area contributed by atoms with E-state index >= 15 is 0 Å². The van der Waals surface area contributed by atoms with Crippen LogP contribution in [0.1, 0.15) is 39.7 Å². The highest BCUT2D eigenvalue weighted by molar-refractivity contribution is 5.69. The molecule has 7 heteroatoms. The zero-order valence-corrected chi connectivity index (χ0v) is 16.6. The number of nitrogens with one attached hydrogen (secondary N) is 1. The van der Waals surface area contributed by atoms with Gasteiger partial charge in [-0.1, -0.05) is 30.3 Å². The van der Waals surface area contributed by atoms with E-state index in [-0.39, 0.29) is 18.2 Å². The van der Waals surface area contributed by atoms with Crippen molar-refractivity contribution in [1.29, 1.82) is 0 Å². The average Bonchev–Trinajstić information content (AvgIpc) is 2.60. The van der Waals surface area contributed by atoms with Gasteiger partial charge in [-0.05, 0) is 39.7 Å². The summed E-state index contributed by atoms with van der Waals surface area (Å²) in [4.78, 5) is 25.9. The molecule has 1 fully saturated rings. The van der Waals surface area contributed by atoms with Crippen LogP contribution in [0.5, 0.6) is 0 Å². The molecule has 7 nitrogen and oxygen atoms in total. The van der Waals surface area contributed by atoms with Crippen LogP contribution in [0.15, 0.2) is 30.3 Å². The Bertz CT molecular complexity index is 615. The van der Waals surface area contributed by atoms with E-state index in [0.29, 0.717) is 32.7 Å². The minimum Gasteiger partial charge on any atom is -0.450 e. The summed E-state index contributed by atoms with van der Waals surface area (Å²) in [6, 6.07) is 9.54. The first-order valence-electron chi connectivity index (χ1n) is 9.35. The van der Waals surface area contributed by atoms with Gasteiger partial charge in [-0.2, -0.15) is 0 Å². The van der Waals surface area contributed by atoms with Gasteiger partial charge in [0.1, 0.15) is 5.60 Å². The Labute approximate surface area is 161 Å². The molecular weight excluding hydrogens is 348 g/mol. The summed E-state index contributed by atoms with van der Waals surface area (Å²) in [5.74, 6) is 0. The van der Waals surface area contributed by atoms with Gasteiger partial charge in [-0.3, -0.25) is 0 Å². The molecule has 2 atom stereocenters. The summed E-state index contributed by atoms with van der Waals surface area (Å²) in [5.41, 5.74) is 0.456. The summed E-state index contributed by atoms with van der Waals surface area (Å²) < 4.78 is 16.5. The van der Waals surface area contributed by atoms with Crippen LogP contribution < -0.4 is 5.32 Å². The second-order valence-corrected chi connectivity index (χ2v) is 7.52. The summed E-state index contributed by atoms with van der Waals surface area (Å²) in [5, 5.41) is 2.89. The third-order valence-electron chi connectivity index (χ3n) is 4.09. The summed E-state index contributed by atoms with van der Waals surface area (Å²) in [7, 11) is 0. The fraction of sp³-hybridized carbons (Fsp3) is 0.600. The zero-order valence-electron chi connectivity index (χ0n) is 16.6. The molecule has 1 aromatic rings. The highest BCUT2D eigenvalue weighted by atomic mass is 16.6. The van der Waals surface area contributed by atoms with E-state index in [4.69, 9.17) is 14.2 Å². The topological polar surface area (TPSA) is 77.1 Å². The number of likely N-dealkylation sites (tertiary alicyclic amines) is 1. The SMILES string of the molecule is CCOC(=O)N1CCC(NC(=O)OC(C)(C)C)C(OCc2ccccc2)C1. The number of piperidine rings is 1. The third-order valence-corrected chi connectivity index (χ3v) is 4.09. The fourth-order valence-electron chi connectivity index (χ4n) is 2.87. The predicted octanol–water partition coefficient (Wildman–Crippen LogP) is 3.33. The van der Waals surface area contributed by atoms with Gasteiger partial charge in [-0.25, -0.2) is 9.59 Å². The molecule has 1 aliphatic heterocycles. The highest BCUT2D eigenvalue weighted by Gasteiger charge is 2.34. The first-order chi connectivity index (χ1) is 12.8. The minimum atomic E-state index is -0.573. The number of ether oxygens (including phenoxy) is 3. The molecule has 0 spiro atoms. The van der Waals surface area contributed by atoms with Gasteiger partial charge in [0.05, 0.1) is 31.9 Å². The largest absolute Gasteiger partial charge is 0.450 e. The maximum Gasteiger partial charge on any atom is 0.409 e. The minimum absolute atomic E-state index is 0.241. The maximum atomic E-state index is 12.2. The van der Waals surface area contributed by atoms with Crippen molar-refractivity contribution in [3.8, 4) is 0 Å². The van der Waals surface area contributed by atoms with Crippen molar-refractivity contribution < 1.29 is 23.8 Å². The molecule has 0 aliphatic carbocycles. The Morgan fingerprint density at radius 1 is 1.22 bits per heavy atom. The van der Waals surface area contributed by atoms with Crippen LogP contribution in [0.2, 0.25) is 0 Å². The van der Waals surface area contributed by atoms with Crippen LogP contribution in [-0.4, -0.2) is 54.5 Å². The number of benzene rings is 1. The van der Waals surface area contributed by atoms with Crippen LogP contribution in [0.3, 0.4) is 0 Å². The number of hydrogen-bond donors (Lipinski definition) is 1. The lowest BCUT2D eigenvalue weighted by molar-refractivity contribution is -0.0323. The maximum absolute atomic E-state index is 12.2. The van der Waals surface area contributed by atoms with Crippen LogP contribution in [0.25, 0.3) is 0 Å². The molecule has 1 aliphatic rings. The molecule has 27 heavy (non-hydrogen) atoms. The molecule has 0 radical (unpaired) electrons. The number of hydrogen-bond acceptors (Lipinski definition) is 5. The van der Waals surface area contributed by atoms with Gasteiger partial charge in [-0.15, -0.1) is 0 Å². The molecule has 2 unspecified atom stereocenters. The Hall–Kier alpha value is -2.28. The van der Waals surface area contributed by atoms with Gasteiger partial charge in [0.15, 0.2) is 0 Å². The van der Waals surface area contributed by atoms with Gasteiger partial charge in [0.2, 0.25) is 0 Å². The van der Waals surface area contributed by atoms with E-state index in [1.54, 1.807) is 11.8 Å². The summed E-state index contributed by atoms with van der Waals surface area (Å²) >= 11 is 0. The standard InChI is InChI=1S/C20H30N2O5/c1-5-25-19(24)22-12-11-16(21-18(23)27-20(2,3)4)17(13-22)26-14-15-9-7-6-8-10-15/h6-10,16-17H,5,11-14H2,1-4H3,(H,21,23). The fourth-order valence-corrected chi connectivity index (χ4v) is 2.87. The summed E-state index contributed by atoms with van der Waals surface area (Å²) in [6.45, 7) is 8.80. The highest BCUT2D eigenvalue weighted by Crippen LogP contribution is 2.18. The molecule has 2 rings (SSSR count). The Kier molecular flexibility index (Phi) is 7.47. The second-order valence-electron chi connectivity index (χ2n) is 7.52. The van der Waals surface area contributed by atoms with E-state index < -0.39 is 11.7 Å². The van der Waals surface area contributed by atoms with E-state index in [0.717, 1.165) is 5.56 Å². The third kappa shape index (κ3) is 7.09. The van der Waals surface area contributed by atoms with Gasteiger partial charge < -0.3 is 24.4 Å². The van der Waals surface area contributed by atoms with Crippen LogP contribution in [-0.2, 0) is 20.8 Å². The molecule has 0 saturated carbocycles. The predicted molar refractivity (Wildman–Crippen MR) is 101 cm³/mol. The van der Waals surface area contributed by atoms with Crippen molar-refractivity contribution in [1.82, 2.24) is 10.2 Å². The monoisotopic (exact) mass is 378 g/mol. The molecule has 1 heterocycles. The number of nitrogens with zero attached hydrogens (tertiary/aromatic N) is 1. The molecule has 1 aromatic carbocycles. The van der Waals surface area contributed by atoms with E-state index in [2.05, 4.69) is 5.32 Å². The average molecular weight is 378 g/mol. The molecule has 1 N–H and O–H groups in total. The number of carbonyl (C=O) groups is 2. The van der Waals surface area contributed by atoms with Crippen LogP contribution >= 0.6 is 0 Å². The van der Waals surface area contributed by atoms with Crippen molar-refractivity contribution >= 4 is 12.2 Å². The Morgan fingerprint density at radius 2 is 1.93 bits per heavy atom. The van der Waals surface area contributed by atoms with E-state index in [9.17, 15) is 9.59 Å². The lowest BCUT2D eigenvalue weighted by Gasteiger charge is -2.38. The van der Waals surface area contributed by atoms with Gasteiger partial charge in [0.25, 0.3) is 0 Å². The number of rotatable bonds is 5. The summed E-state index contributed by atoms with van der Waals surface area (Å²) in [6.07, 6.45) is -0.625. The van der Waals surface area contributed by atoms with Crippen molar-refractivity contribution in [3.05, 3.63) is 35.9 Å². The molecule has 2 amide bonds. The van der Waals surface area contributed by atoms with Crippen molar-refractivity contribution in [3.63, 3.8) is 0 Å². The number of amides is 2. The molecule has 0 aromatic heterocycles. The van der Waals surface area contributed by atoms with Crippen molar-refractivity contribution in [2.45, 2.75) is 58.5 Å². The Balaban J connectivity index is 2.01. The first kappa shape index (κ1) is 21.0. The first-order valence-corrected chi connectivity index (χ1v) is 9.35. The quantitative estimate of drug-likeness (QED) is 0.850. The smallest absolute Gasteiger partial charge is 0.409 e. The Morgan fingerprint density at radius 3 is 2.56 bits per heavy atom. The van der Waals surface area contributed by atoms with Crippen LogP contribution in [0, 0.1) is 0 Å². The number of carbonyl (C=O) groups excluding carboxylic acids is 2. The van der Waals surface area contributed by atoms with Gasteiger partial charge in [0, 0.05) is 6.54 Å². The number of alkyl carbamates (subject to hydrolysis) is 1. The molecule has 150 valence electrons. The van der Waals surface area contributed by atoms with E-state index in [1.807, 2.05) is 51.1 Å². The molecular formula is C20H30N2O5. The van der Waals surface area contributed by atoms with Crippen LogP contribution in [0.4, 0.5) is 9.59 Å². The van der Waals surface area contributed by atoms with Crippen molar-refractivity contribution in [2.24, 2.45) is 0 Å².